The molecule has 0 atom stereocenters. The molecule has 0 unspecified atom stereocenters. The van der Waals surface area contributed by atoms with Gasteiger partial charge in [-0.15, -0.1) is 12.4 Å². The van der Waals surface area contributed by atoms with Crippen LogP contribution in [-0.2, 0) is 10.2 Å². The highest BCUT2D eigenvalue weighted by atomic mass is 35.5. The van der Waals surface area contributed by atoms with Gasteiger partial charge in [0.15, 0.2) is 0 Å². The topological polar surface area (TPSA) is 70.2 Å². The summed E-state index contributed by atoms with van der Waals surface area (Å²) in [6.07, 6.45) is 2.37. The molecule has 3 N–H and O–H groups in total. The van der Waals surface area contributed by atoms with E-state index in [9.17, 15) is 21.6 Å². The van der Waals surface area contributed by atoms with Crippen molar-refractivity contribution in [2.45, 2.75) is 50.7 Å². The van der Waals surface area contributed by atoms with Gasteiger partial charge < -0.3 is 5.32 Å². The molecular weight excluding hydrogens is 331 g/mol. The minimum absolute atomic E-state index is 0. The van der Waals surface area contributed by atoms with Crippen LogP contribution in [0.2, 0.25) is 0 Å². The zero-order chi connectivity index (χ0) is 15.1. The van der Waals surface area contributed by atoms with Crippen molar-refractivity contribution in [2.24, 2.45) is 0 Å². The Bertz CT molecular complexity index is 371. The summed E-state index contributed by atoms with van der Waals surface area (Å²) >= 11 is 0. The lowest BCUT2D eigenvalue weighted by Crippen LogP contribution is -2.44. The highest BCUT2D eigenvalue weighted by Crippen LogP contribution is 2.16. The molecule has 1 saturated carbocycles. The van der Waals surface area contributed by atoms with Crippen LogP contribution in [-0.4, -0.2) is 40.3 Å². The number of nitrogens with one attached hydrogen (secondary N) is 3. The SMILES string of the molecule is Cl.O=S(=O)(NCCNC1CCCCCC1)NCC(F)(F)F. The van der Waals surface area contributed by atoms with Crippen molar-refractivity contribution in [3.05, 3.63) is 0 Å². The van der Waals surface area contributed by atoms with E-state index in [4.69, 9.17) is 0 Å². The van der Waals surface area contributed by atoms with Gasteiger partial charge in [0.2, 0.25) is 0 Å². The maximum atomic E-state index is 11.9. The molecule has 0 aliphatic heterocycles. The van der Waals surface area contributed by atoms with Gasteiger partial charge in [0.1, 0.15) is 6.54 Å². The molecule has 0 aromatic carbocycles. The fourth-order valence-electron chi connectivity index (χ4n) is 2.17. The first-order chi connectivity index (χ1) is 9.29. The van der Waals surface area contributed by atoms with E-state index in [-0.39, 0.29) is 19.0 Å². The van der Waals surface area contributed by atoms with E-state index in [0.717, 1.165) is 25.7 Å². The molecule has 0 aromatic rings. The molecule has 1 rings (SSSR count). The molecule has 5 nitrogen and oxygen atoms in total. The normalized spacial score (nSPS) is 18.0. The van der Waals surface area contributed by atoms with Gasteiger partial charge >= 0.3 is 6.18 Å². The van der Waals surface area contributed by atoms with Crippen LogP contribution in [0.25, 0.3) is 0 Å². The van der Waals surface area contributed by atoms with E-state index in [1.54, 1.807) is 0 Å². The first kappa shape index (κ1) is 20.9. The predicted octanol–water partition coefficient (Wildman–Crippen LogP) is 1.71. The third kappa shape index (κ3) is 11.2. The van der Waals surface area contributed by atoms with Gasteiger partial charge in [0.05, 0.1) is 0 Å². The zero-order valence-electron chi connectivity index (χ0n) is 11.7. The van der Waals surface area contributed by atoms with Crippen LogP contribution in [0.15, 0.2) is 0 Å². The van der Waals surface area contributed by atoms with E-state index in [1.165, 1.54) is 17.6 Å². The summed E-state index contributed by atoms with van der Waals surface area (Å²) in [5.41, 5.74) is 0. The second-order valence-corrected chi connectivity index (χ2v) is 6.56. The first-order valence-electron chi connectivity index (χ1n) is 6.83. The lowest BCUT2D eigenvalue weighted by Gasteiger charge is -2.16. The smallest absolute Gasteiger partial charge is 0.313 e. The first-order valence-corrected chi connectivity index (χ1v) is 8.31. The molecule has 21 heavy (non-hydrogen) atoms. The molecule has 0 aromatic heterocycles. The molecule has 1 aliphatic carbocycles. The van der Waals surface area contributed by atoms with Crippen LogP contribution in [0.1, 0.15) is 38.5 Å². The van der Waals surface area contributed by atoms with Crippen LogP contribution in [0.3, 0.4) is 0 Å². The third-order valence-corrected chi connectivity index (χ3v) is 4.28. The standard InChI is InChI=1S/C11H22F3N3O2S.ClH/c12-11(13,14)9-17-20(18,19)16-8-7-15-10-5-3-1-2-4-6-10;/h10,15-17H,1-9H2;1H. The van der Waals surface area contributed by atoms with Gasteiger partial charge in [-0.1, -0.05) is 25.7 Å². The average molecular weight is 354 g/mol. The van der Waals surface area contributed by atoms with E-state index in [0.29, 0.717) is 12.6 Å². The number of halogens is 4. The molecule has 0 spiro atoms. The van der Waals surface area contributed by atoms with E-state index < -0.39 is 22.9 Å². The predicted molar refractivity (Wildman–Crippen MR) is 77.7 cm³/mol. The summed E-state index contributed by atoms with van der Waals surface area (Å²) in [4.78, 5) is 0. The number of hydrogen-bond donors (Lipinski definition) is 3. The quantitative estimate of drug-likeness (QED) is 0.482. The molecule has 1 aliphatic rings. The Morgan fingerprint density at radius 3 is 2.05 bits per heavy atom. The summed E-state index contributed by atoms with van der Waals surface area (Å²) in [5, 5.41) is 3.23. The van der Waals surface area contributed by atoms with Crippen molar-refractivity contribution in [3.8, 4) is 0 Å². The third-order valence-electron chi connectivity index (χ3n) is 3.17. The second-order valence-electron chi connectivity index (χ2n) is 4.98. The lowest BCUT2D eigenvalue weighted by atomic mass is 10.1. The maximum Gasteiger partial charge on any atom is 0.402 e. The molecule has 0 saturated heterocycles. The Morgan fingerprint density at radius 1 is 0.952 bits per heavy atom. The maximum absolute atomic E-state index is 11.9. The van der Waals surface area contributed by atoms with Gasteiger partial charge in [-0.2, -0.15) is 26.3 Å². The fraction of sp³-hybridized carbons (Fsp3) is 1.00. The monoisotopic (exact) mass is 353 g/mol. The fourth-order valence-corrected chi connectivity index (χ4v) is 3.00. The highest BCUT2D eigenvalue weighted by Gasteiger charge is 2.29. The Hall–Kier alpha value is -0.0900. The van der Waals surface area contributed by atoms with E-state index >= 15 is 0 Å². The van der Waals surface area contributed by atoms with Crippen LogP contribution in [0, 0.1) is 0 Å². The van der Waals surface area contributed by atoms with Crippen molar-refractivity contribution >= 4 is 22.6 Å². The van der Waals surface area contributed by atoms with Crippen molar-refractivity contribution in [1.29, 1.82) is 0 Å². The summed E-state index contributed by atoms with van der Waals surface area (Å²) in [6.45, 7) is -1.07. The summed E-state index contributed by atoms with van der Waals surface area (Å²) in [6, 6.07) is 0.380. The van der Waals surface area contributed by atoms with Crippen molar-refractivity contribution in [3.63, 3.8) is 0 Å². The van der Waals surface area contributed by atoms with E-state index in [2.05, 4.69) is 10.0 Å². The molecule has 0 bridgehead atoms. The van der Waals surface area contributed by atoms with Crippen LogP contribution in [0.5, 0.6) is 0 Å². The number of rotatable bonds is 7. The van der Waals surface area contributed by atoms with Gasteiger partial charge in [-0.05, 0) is 12.8 Å². The lowest BCUT2D eigenvalue weighted by molar-refractivity contribution is -0.121. The van der Waals surface area contributed by atoms with Crippen molar-refractivity contribution < 1.29 is 21.6 Å². The van der Waals surface area contributed by atoms with Crippen LogP contribution in [0.4, 0.5) is 13.2 Å². The Morgan fingerprint density at radius 2 is 1.52 bits per heavy atom. The van der Waals surface area contributed by atoms with Crippen LogP contribution < -0.4 is 14.8 Å². The Kier molecular flexibility index (Phi) is 9.79. The van der Waals surface area contributed by atoms with E-state index in [1.807, 2.05) is 0 Å². The van der Waals surface area contributed by atoms with Gasteiger partial charge in [-0.25, -0.2) is 4.72 Å². The van der Waals surface area contributed by atoms with Crippen molar-refractivity contribution in [2.75, 3.05) is 19.6 Å². The van der Waals surface area contributed by atoms with Crippen LogP contribution >= 0.6 is 12.4 Å². The second kappa shape index (κ2) is 9.83. The average Bonchev–Trinajstić information content (AvgIpc) is 2.60. The molecule has 0 radical (unpaired) electrons. The zero-order valence-corrected chi connectivity index (χ0v) is 13.3. The largest absolute Gasteiger partial charge is 0.402 e. The Balaban J connectivity index is 0.00000400. The molecule has 1 fully saturated rings. The van der Waals surface area contributed by atoms with Gasteiger partial charge in [-0.3, -0.25) is 0 Å². The molecule has 0 amide bonds. The molecule has 10 heteroatoms. The number of alkyl halides is 3. The summed E-state index contributed by atoms with van der Waals surface area (Å²) < 4.78 is 61.7. The minimum atomic E-state index is -4.55. The number of hydrogen-bond acceptors (Lipinski definition) is 3. The summed E-state index contributed by atoms with van der Waals surface area (Å²) in [5.74, 6) is 0. The molecule has 128 valence electrons. The molecular formula is C11H23ClF3N3O2S. The Labute approximate surface area is 130 Å². The van der Waals surface area contributed by atoms with Gasteiger partial charge in [0, 0.05) is 19.1 Å². The van der Waals surface area contributed by atoms with Gasteiger partial charge in [0.25, 0.3) is 10.2 Å². The van der Waals surface area contributed by atoms with Crippen molar-refractivity contribution in [1.82, 2.24) is 14.8 Å². The summed E-state index contributed by atoms with van der Waals surface area (Å²) in [7, 11) is -4.08. The minimum Gasteiger partial charge on any atom is -0.313 e. The molecule has 0 heterocycles. The highest BCUT2D eigenvalue weighted by molar-refractivity contribution is 7.87.